The van der Waals surface area contributed by atoms with Gasteiger partial charge in [-0.3, -0.25) is 9.59 Å². The highest BCUT2D eigenvalue weighted by molar-refractivity contribution is 5.97. The Labute approximate surface area is 156 Å². The number of halogens is 1. The topological polar surface area (TPSA) is 71.5 Å². The second-order valence-corrected chi connectivity index (χ2v) is 6.93. The minimum atomic E-state index is -0.351. The largest absolute Gasteiger partial charge is 0.488 e. The van der Waals surface area contributed by atoms with Gasteiger partial charge in [0.25, 0.3) is 5.91 Å². The Bertz CT molecular complexity index is 869. The third kappa shape index (κ3) is 4.24. The van der Waals surface area contributed by atoms with Crippen molar-refractivity contribution in [1.29, 1.82) is 0 Å². The number of pyridine rings is 1. The number of nitrogens with zero attached hydrogens (tertiary/aromatic N) is 2. The van der Waals surface area contributed by atoms with Gasteiger partial charge in [0, 0.05) is 36.7 Å². The molecule has 1 unspecified atom stereocenters. The fourth-order valence-electron chi connectivity index (χ4n) is 3.13. The Balaban J connectivity index is 1.37. The molecule has 2 heterocycles. The predicted molar refractivity (Wildman–Crippen MR) is 96.9 cm³/mol. The molecule has 2 fully saturated rings. The van der Waals surface area contributed by atoms with Gasteiger partial charge >= 0.3 is 0 Å². The number of carbonyl (C=O) groups excluding carboxylic acids is 2. The van der Waals surface area contributed by atoms with Gasteiger partial charge in [-0.1, -0.05) is 6.07 Å². The number of hydrogen-bond acceptors (Lipinski definition) is 4. The van der Waals surface area contributed by atoms with Crippen LogP contribution in [0.4, 0.5) is 10.2 Å². The molecule has 2 aliphatic rings. The number of amides is 2. The summed E-state index contributed by atoms with van der Waals surface area (Å²) < 4.78 is 19.0. The summed E-state index contributed by atoms with van der Waals surface area (Å²) in [7, 11) is 0. The molecule has 1 aromatic carbocycles. The molecule has 4 rings (SSSR count). The second kappa shape index (κ2) is 7.34. The van der Waals surface area contributed by atoms with Crippen LogP contribution in [0.2, 0.25) is 0 Å². The minimum absolute atomic E-state index is 0.0446. The van der Waals surface area contributed by atoms with Crippen LogP contribution in [-0.4, -0.2) is 40.9 Å². The molecular formula is C20H20FN3O3. The smallest absolute Gasteiger partial charge is 0.254 e. The lowest BCUT2D eigenvalue weighted by Crippen LogP contribution is -2.31. The van der Waals surface area contributed by atoms with Crippen molar-refractivity contribution in [2.45, 2.75) is 25.4 Å². The summed E-state index contributed by atoms with van der Waals surface area (Å²) in [6.45, 7) is 0.992. The summed E-state index contributed by atoms with van der Waals surface area (Å²) in [6.07, 6.45) is 3.84. The number of benzene rings is 1. The first kappa shape index (κ1) is 17.5. The maximum atomic E-state index is 13.3. The summed E-state index contributed by atoms with van der Waals surface area (Å²) in [5, 5.41) is 2.76. The van der Waals surface area contributed by atoms with Crippen molar-refractivity contribution in [1.82, 2.24) is 9.88 Å². The molecule has 0 bridgehead atoms. The van der Waals surface area contributed by atoms with Gasteiger partial charge in [0.1, 0.15) is 23.5 Å². The van der Waals surface area contributed by atoms with Crippen molar-refractivity contribution in [2.24, 2.45) is 5.92 Å². The van der Waals surface area contributed by atoms with Crippen LogP contribution in [0, 0.1) is 11.7 Å². The molecule has 2 aromatic rings. The Morgan fingerprint density at radius 1 is 1.19 bits per heavy atom. The van der Waals surface area contributed by atoms with Crippen LogP contribution in [0.15, 0.2) is 42.6 Å². The standard InChI is InChI=1S/C20H20FN3O3/c21-15-2-1-3-16(11-15)27-17-7-9-24(12-17)20(26)14-6-8-22-18(10-14)23-19(25)13-4-5-13/h1-3,6,8,10-11,13,17H,4-5,7,9,12H2,(H,22,23,25). The van der Waals surface area contributed by atoms with Crippen LogP contribution in [0.3, 0.4) is 0 Å². The average Bonchev–Trinajstić information content (AvgIpc) is 3.41. The zero-order valence-corrected chi connectivity index (χ0v) is 14.7. The number of likely N-dealkylation sites (tertiary alicyclic amines) is 1. The number of aromatic nitrogens is 1. The van der Waals surface area contributed by atoms with Crippen molar-refractivity contribution >= 4 is 17.6 Å². The monoisotopic (exact) mass is 369 g/mol. The SMILES string of the molecule is O=C(Nc1cc(C(=O)N2CCC(Oc3cccc(F)c3)C2)ccn1)C1CC1. The van der Waals surface area contributed by atoms with Crippen LogP contribution in [0.5, 0.6) is 5.75 Å². The van der Waals surface area contributed by atoms with E-state index >= 15 is 0 Å². The summed E-state index contributed by atoms with van der Waals surface area (Å²) >= 11 is 0. The lowest BCUT2D eigenvalue weighted by Gasteiger charge is -2.17. The first-order valence-electron chi connectivity index (χ1n) is 9.07. The molecule has 1 N–H and O–H groups in total. The highest BCUT2D eigenvalue weighted by atomic mass is 19.1. The average molecular weight is 369 g/mol. The number of carbonyl (C=O) groups is 2. The van der Waals surface area contributed by atoms with E-state index in [0.29, 0.717) is 36.6 Å². The van der Waals surface area contributed by atoms with E-state index in [1.807, 2.05) is 0 Å². The first-order valence-corrected chi connectivity index (χ1v) is 9.07. The molecule has 7 heteroatoms. The van der Waals surface area contributed by atoms with E-state index in [0.717, 1.165) is 12.8 Å². The van der Waals surface area contributed by atoms with E-state index in [-0.39, 0.29) is 29.7 Å². The Kier molecular flexibility index (Phi) is 4.75. The lowest BCUT2D eigenvalue weighted by atomic mass is 10.2. The van der Waals surface area contributed by atoms with E-state index in [4.69, 9.17) is 4.74 Å². The van der Waals surface area contributed by atoms with Gasteiger partial charge < -0.3 is 15.0 Å². The minimum Gasteiger partial charge on any atom is -0.488 e. The van der Waals surface area contributed by atoms with E-state index in [1.54, 1.807) is 29.2 Å². The van der Waals surface area contributed by atoms with Gasteiger partial charge in [-0.2, -0.15) is 0 Å². The number of anilines is 1. The fraction of sp³-hybridized carbons (Fsp3) is 0.350. The molecule has 2 amide bonds. The maximum absolute atomic E-state index is 13.3. The maximum Gasteiger partial charge on any atom is 0.254 e. The highest BCUT2D eigenvalue weighted by Gasteiger charge is 2.31. The van der Waals surface area contributed by atoms with E-state index in [9.17, 15) is 14.0 Å². The first-order chi connectivity index (χ1) is 13.1. The van der Waals surface area contributed by atoms with Crippen LogP contribution in [0.25, 0.3) is 0 Å². The van der Waals surface area contributed by atoms with Gasteiger partial charge in [-0.25, -0.2) is 9.37 Å². The van der Waals surface area contributed by atoms with Gasteiger partial charge in [0.2, 0.25) is 5.91 Å². The van der Waals surface area contributed by atoms with Gasteiger partial charge in [-0.05, 0) is 37.1 Å². The third-order valence-corrected chi connectivity index (χ3v) is 4.74. The van der Waals surface area contributed by atoms with Gasteiger partial charge in [0.15, 0.2) is 0 Å². The van der Waals surface area contributed by atoms with E-state index < -0.39 is 0 Å². The molecule has 6 nitrogen and oxygen atoms in total. The van der Waals surface area contributed by atoms with Crippen molar-refractivity contribution < 1.29 is 18.7 Å². The summed E-state index contributed by atoms with van der Waals surface area (Å²) in [5.41, 5.74) is 0.475. The van der Waals surface area contributed by atoms with Crippen molar-refractivity contribution in [3.8, 4) is 5.75 Å². The summed E-state index contributed by atoms with van der Waals surface area (Å²) in [5.74, 6) is 0.399. The third-order valence-electron chi connectivity index (χ3n) is 4.74. The Morgan fingerprint density at radius 3 is 2.81 bits per heavy atom. The fourth-order valence-corrected chi connectivity index (χ4v) is 3.13. The van der Waals surface area contributed by atoms with Crippen molar-refractivity contribution in [2.75, 3.05) is 18.4 Å². The predicted octanol–water partition coefficient (Wildman–Crippen LogP) is 2.86. The lowest BCUT2D eigenvalue weighted by molar-refractivity contribution is -0.117. The molecule has 1 atom stereocenters. The quantitative estimate of drug-likeness (QED) is 0.880. The molecule has 0 radical (unpaired) electrons. The van der Waals surface area contributed by atoms with Gasteiger partial charge in [0.05, 0.1) is 6.54 Å². The Morgan fingerprint density at radius 2 is 2.04 bits per heavy atom. The van der Waals surface area contributed by atoms with Crippen LogP contribution in [-0.2, 0) is 4.79 Å². The van der Waals surface area contributed by atoms with Crippen LogP contribution in [0.1, 0.15) is 29.6 Å². The second-order valence-electron chi connectivity index (χ2n) is 6.93. The van der Waals surface area contributed by atoms with Gasteiger partial charge in [-0.15, -0.1) is 0 Å². The molecular weight excluding hydrogens is 349 g/mol. The zero-order chi connectivity index (χ0) is 18.8. The normalized spacial score (nSPS) is 19.0. The van der Waals surface area contributed by atoms with E-state index in [1.165, 1.54) is 18.3 Å². The molecule has 0 spiro atoms. The molecule has 1 aromatic heterocycles. The molecule has 1 saturated carbocycles. The molecule has 140 valence electrons. The molecule has 1 aliphatic carbocycles. The number of ether oxygens (including phenoxy) is 1. The summed E-state index contributed by atoms with van der Waals surface area (Å²) in [6, 6.07) is 9.23. The van der Waals surface area contributed by atoms with Crippen molar-refractivity contribution in [3.05, 3.63) is 54.0 Å². The summed E-state index contributed by atoms with van der Waals surface area (Å²) in [4.78, 5) is 30.4. The molecule has 1 saturated heterocycles. The molecule has 1 aliphatic heterocycles. The van der Waals surface area contributed by atoms with Crippen LogP contribution < -0.4 is 10.1 Å². The van der Waals surface area contributed by atoms with E-state index in [2.05, 4.69) is 10.3 Å². The van der Waals surface area contributed by atoms with Crippen LogP contribution >= 0.6 is 0 Å². The zero-order valence-electron chi connectivity index (χ0n) is 14.7. The van der Waals surface area contributed by atoms with Crippen molar-refractivity contribution in [3.63, 3.8) is 0 Å². The number of hydrogen-bond donors (Lipinski definition) is 1. The number of rotatable bonds is 5. The molecule has 27 heavy (non-hydrogen) atoms. The highest BCUT2D eigenvalue weighted by Crippen LogP contribution is 2.30. The number of nitrogens with one attached hydrogen (secondary N) is 1. The Hall–Kier alpha value is -2.96.